The Labute approximate surface area is 233 Å². The molecule has 39 heavy (non-hydrogen) atoms. The Bertz CT molecular complexity index is 1870. The average Bonchev–Trinajstić information content (AvgIpc) is 2.86. The van der Waals surface area contributed by atoms with E-state index in [-0.39, 0.29) is 47.7 Å². The van der Waals surface area contributed by atoms with E-state index in [0.29, 0.717) is 0 Å². The number of halogens is 2. The van der Waals surface area contributed by atoms with E-state index >= 15 is 0 Å². The Hall–Kier alpha value is -3.17. The summed E-state index contributed by atoms with van der Waals surface area (Å²) in [6.45, 7) is 0. The zero-order valence-electron chi connectivity index (χ0n) is 19.2. The molecule has 2 N–H and O–H groups in total. The van der Waals surface area contributed by atoms with Gasteiger partial charge >= 0.3 is 0 Å². The fraction of sp³-hybridized carbons (Fsp3) is 0. The van der Waals surface area contributed by atoms with Gasteiger partial charge in [-0.25, -0.2) is 8.42 Å². The third-order valence-corrected chi connectivity index (χ3v) is 9.32. The molecule has 0 saturated carbocycles. The summed E-state index contributed by atoms with van der Waals surface area (Å²) in [4.78, 5) is -1.34. The van der Waals surface area contributed by atoms with Gasteiger partial charge in [0.15, 0.2) is 0 Å². The van der Waals surface area contributed by atoms with Gasteiger partial charge in [-0.05, 0) is 78.9 Å². The summed E-state index contributed by atoms with van der Waals surface area (Å²) in [5.41, 5.74) is 0. The maximum atomic E-state index is 13.0. The Kier molecular flexibility index (Phi) is 7.96. The molecule has 0 saturated heterocycles. The van der Waals surface area contributed by atoms with Crippen LogP contribution in [0.4, 0.5) is 0 Å². The van der Waals surface area contributed by atoms with Crippen LogP contribution in [0.5, 0.6) is 23.0 Å². The first-order valence-electron chi connectivity index (χ1n) is 10.5. The van der Waals surface area contributed by atoms with Crippen LogP contribution in [0, 0.1) is 0 Å². The number of benzene rings is 4. The second kappa shape index (κ2) is 10.8. The van der Waals surface area contributed by atoms with Crippen LogP contribution in [0.15, 0.2) is 105 Å². The van der Waals surface area contributed by atoms with E-state index in [1.54, 1.807) is 0 Å². The van der Waals surface area contributed by atoms with Crippen LogP contribution in [-0.2, 0) is 30.1 Å². The molecule has 0 bridgehead atoms. The molecular formula is C24H16Cl2O10S3. The van der Waals surface area contributed by atoms with Crippen molar-refractivity contribution in [1.82, 2.24) is 0 Å². The summed E-state index contributed by atoms with van der Waals surface area (Å²) in [5.74, 6) is -0.186. The number of sulfone groups is 1. The van der Waals surface area contributed by atoms with Crippen LogP contribution in [0.2, 0.25) is 10.0 Å². The minimum absolute atomic E-state index is 0.0193. The maximum absolute atomic E-state index is 13.0. The molecular weight excluding hydrogens is 615 g/mol. The lowest BCUT2D eigenvalue weighted by molar-refractivity contribution is 0.441. The quantitative estimate of drug-likeness (QED) is 0.224. The van der Waals surface area contributed by atoms with Gasteiger partial charge in [0.1, 0.15) is 27.9 Å². The smallest absolute Gasteiger partial charge is 0.298 e. The second-order valence-electron chi connectivity index (χ2n) is 7.78. The minimum Gasteiger partial charge on any atom is -0.457 e. The normalized spacial score (nSPS) is 12.2. The van der Waals surface area contributed by atoms with Crippen molar-refractivity contribution in [1.29, 1.82) is 0 Å². The predicted octanol–water partition coefficient (Wildman–Crippen LogP) is 5.90. The molecule has 0 radical (unpaired) electrons. The number of rotatable bonds is 8. The van der Waals surface area contributed by atoms with E-state index in [9.17, 15) is 29.8 Å². The van der Waals surface area contributed by atoms with Crippen LogP contribution in [0.3, 0.4) is 0 Å². The highest BCUT2D eigenvalue weighted by molar-refractivity contribution is 7.91. The van der Waals surface area contributed by atoms with Crippen molar-refractivity contribution in [3.8, 4) is 23.0 Å². The van der Waals surface area contributed by atoms with E-state index < -0.39 is 35.0 Å². The van der Waals surface area contributed by atoms with Crippen LogP contribution in [0.1, 0.15) is 0 Å². The van der Waals surface area contributed by atoms with Gasteiger partial charge in [-0.1, -0.05) is 23.2 Å². The van der Waals surface area contributed by atoms with Gasteiger partial charge in [0.05, 0.1) is 19.7 Å². The van der Waals surface area contributed by atoms with Crippen molar-refractivity contribution in [2.45, 2.75) is 19.6 Å². The summed E-state index contributed by atoms with van der Waals surface area (Å²) in [6, 6.07) is 17.1. The second-order valence-corrected chi connectivity index (χ2v) is 13.4. The van der Waals surface area contributed by atoms with E-state index in [4.69, 9.17) is 37.2 Å². The Morgan fingerprint density at radius 3 is 1.64 bits per heavy atom. The molecule has 0 aliphatic rings. The largest absolute Gasteiger partial charge is 0.457 e. The molecule has 0 amide bonds. The van der Waals surface area contributed by atoms with Crippen molar-refractivity contribution >= 4 is 53.3 Å². The zero-order valence-corrected chi connectivity index (χ0v) is 23.2. The number of ether oxygens (including phenoxy) is 2. The molecule has 0 spiro atoms. The maximum Gasteiger partial charge on any atom is 0.298 e. The molecule has 0 unspecified atom stereocenters. The molecule has 15 heteroatoms. The topological polar surface area (TPSA) is 161 Å². The third kappa shape index (κ3) is 6.70. The van der Waals surface area contributed by atoms with Crippen LogP contribution in [-0.4, -0.2) is 34.4 Å². The van der Waals surface area contributed by atoms with Gasteiger partial charge in [-0.3, -0.25) is 9.11 Å². The van der Waals surface area contributed by atoms with Gasteiger partial charge in [0.25, 0.3) is 20.2 Å². The summed E-state index contributed by atoms with van der Waals surface area (Å²) in [7, 11) is -13.3. The summed E-state index contributed by atoms with van der Waals surface area (Å²) >= 11 is 11.9. The monoisotopic (exact) mass is 630 g/mol. The van der Waals surface area contributed by atoms with Crippen molar-refractivity contribution in [2.75, 3.05) is 0 Å². The fourth-order valence-electron chi connectivity index (χ4n) is 3.28. The lowest BCUT2D eigenvalue weighted by Crippen LogP contribution is -2.03. The van der Waals surface area contributed by atoms with Crippen molar-refractivity contribution in [3.63, 3.8) is 0 Å². The summed E-state index contributed by atoms with van der Waals surface area (Å²) in [5, 5.41) is 0.160. The molecule has 0 fully saturated rings. The zero-order chi connectivity index (χ0) is 28.6. The van der Waals surface area contributed by atoms with Gasteiger partial charge in [0.2, 0.25) is 9.84 Å². The third-order valence-electron chi connectivity index (χ3n) is 5.09. The first-order valence-corrected chi connectivity index (χ1v) is 15.6. The predicted molar refractivity (Wildman–Crippen MR) is 141 cm³/mol. The van der Waals surface area contributed by atoms with Gasteiger partial charge < -0.3 is 9.47 Å². The van der Waals surface area contributed by atoms with Gasteiger partial charge in [-0.15, -0.1) is 0 Å². The Morgan fingerprint density at radius 1 is 0.538 bits per heavy atom. The van der Waals surface area contributed by atoms with Crippen LogP contribution < -0.4 is 9.47 Å². The van der Waals surface area contributed by atoms with E-state index in [1.165, 1.54) is 66.7 Å². The van der Waals surface area contributed by atoms with Crippen LogP contribution >= 0.6 is 23.2 Å². The summed E-state index contributed by atoms with van der Waals surface area (Å²) in [6.07, 6.45) is 0. The molecule has 4 aromatic rings. The lowest BCUT2D eigenvalue weighted by atomic mass is 10.3. The summed E-state index contributed by atoms with van der Waals surface area (Å²) < 4.78 is 102. The molecule has 0 aliphatic carbocycles. The first-order chi connectivity index (χ1) is 18.1. The number of hydrogen-bond donors (Lipinski definition) is 2. The Morgan fingerprint density at radius 2 is 1.08 bits per heavy atom. The highest BCUT2D eigenvalue weighted by Crippen LogP contribution is 2.35. The highest BCUT2D eigenvalue weighted by atomic mass is 35.5. The molecule has 0 aliphatic heterocycles. The lowest BCUT2D eigenvalue weighted by Gasteiger charge is -2.13. The number of hydrogen-bond acceptors (Lipinski definition) is 8. The van der Waals surface area contributed by atoms with Gasteiger partial charge in [0, 0.05) is 11.1 Å². The average molecular weight is 631 g/mol. The SMILES string of the molecule is O=S(=O)(O)c1ccc(Oc2ccc(Oc3ccc(S(=O)(=O)c4cc(Cl)ccc4Cl)cc3)c(S(=O)(=O)O)c2)cc1. The first kappa shape index (κ1) is 28.8. The highest BCUT2D eigenvalue weighted by Gasteiger charge is 2.23. The molecule has 10 nitrogen and oxygen atoms in total. The molecule has 204 valence electrons. The Balaban J connectivity index is 1.60. The van der Waals surface area contributed by atoms with E-state index in [0.717, 1.165) is 18.2 Å². The standard InChI is InChI=1S/C24H16Cl2O10S3/c25-15-1-11-21(26)23(13-15)37(27,28)19-7-2-17(3-8-19)36-22-12-6-18(14-24(22)39(32,33)34)35-16-4-9-20(10-5-16)38(29,30)31/h1-14H,(H,29,30,31)(H,32,33,34). The minimum atomic E-state index is -4.81. The van der Waals surface area contributed by atoms with Crippen molar-refractivity contribution in [3.05, 3.63) is 95.0 Å². The molecule has 0 heterocycles. The van der Waals surface area contributed by atoms with Crippen molar-refractivity contribution in [2.24, 2.45) is 0 Å². The van der Waals surface area contributed by atoms with Gasteiger partial charge in [-0.2, -0.15) is 16.8 Å². The molecule has 4 rings (SSSR count). The van der Waals surface area contributed by atoms with E-state index in [2.05, 4.69) is 0 Å². The molecule has 4 aromatic carbocycles. The molecule has 0 aromatic heterocycles. The fourth-order valence-corrected chi connectivity index (χ4v) is 6.40. The van der Waals surface area contributed by atoms with Crippen molar-refractivity contribution < 1.29 is 43.8 Å². The van der Waals surface area contributed by atoms with Crippen LogP contribution in [0.25, 0.3) is 0 Å². The van der Waals surface area contributed by atoms with E-state index in [1.807, 2.05) is 0 Å². The molecule has 0 atom stereocenters.